The number of aromatic amines is 1. The zero-order chi connectivity index (χ0) is 36.6. The zero-order valence-electron chi connectivity index (χ0n) is 29.7. The van der Waals surface area contributed by atoms with E-state index in [0.29, 0.717) is 0 Å². The summed E-state index contributed by atoms with van der Waals surface area (Å²) in [5, 5.41) is 0. The summed E-state index contributed by atoms with van der Waals surface area (Å²) in [6.07, 6.45) is 0. The number of fused-ring (bicyclic) bond motifs is 1. The zero-order valence-corrected chi connectivity index (χ0v) is 33.9. The van der Waals surface area contributed by atoms with Crippen LogP contribution in [0.25, 0.3) is 84.4 Å². The summed E-state index contributed by atoms with van der Waals surface area (Å²) in [4.78, 5) is 17.0. The predicted molar refractivity (Wildman–Crippen MR) is 232 cm³/mol. The Bertz CT molecular complexity index is 2640. The van der Waals surface area contributed by atoms with E-state index in [1.54, 1.807) is 32.7 Å². The van der Waals surface area contributed by atoms with Gasteiger partial charge in [0.15, 0.2) is 0 Å². The minimum absolute atomic E-state index is 0.890. The van der Waals surface area contributed by atoms with Gasteiger partial charge in [-0.2, -0.15) is 0 Å². The van der Waals surface area contributed by atoms with E-state index in [0.717, 1.165) is 26.9 Å². The van der Waals surface area contributed by atoms with E-state index in [9.17, 15) is 0 Å². The van der Waals surface area contributed by atoms with Gasteiger partial charge in [-0.25, -0.2) is 4.98 Å². The summed E-state index contributed by atoms with van der Waals surface area (Å²) < 4.78 is 18.1. The van der Waals surface area contributed by atoms with Crippen molar-refractivity contribution in [3.8, 4) is 73.3 Å². The summed E-state index contributed by atoms with van der Waals surface area (Å²) >= 11 is 7.17. The maximum atomic E-state index is 5.69. The van der Waals surface area contributed by atoms with Gasteiger partial charge in [0.25, 0.3) is 0 Å². The molecule has 0 fully saturated rings. The molecule has 5 nitrogen and oxygen atoms in total. The first kappa shape index (κ1) is 35.0. The van der Waals surface area contributed by atoms with Gasteiger partial charge in [0.1, 0.15) is 5.82 Å². The molecular weight excluding hydrogens is 761 g/mol. The Morgan fingerprint density at radius 3 is 1.28 bits per heavy atom. The molecule has 9 aromatic rings. The van der Waals surface area contributed by atoms with E-state index in [4.69, 9.17) is 18.3 Å². The van der Waals surface area contributed by atoms with Crippen LogP contribution in [0.3, 0.4) is 0 Å². The molecule has 0 spiro atoms. The number of thiophene rings is 4. The van der Waals surface area contributed by atoms with Gasteiger partial charge in [-0.3, -0.25) is 0 Å². The second-order valence-corrected chi connectivity index (χ2v) is 20.2. The third-order valence-corrected chi connectivity index (χ3v) is 17.8. The van der Waals surface area contributed by atoms with Crippen molar-refractivity contribution >= 4 is 69.7 Å². The summed E-state index contributed by atoms with van der Waals surface area (Å²) in [6.45, 7) is 0. The van der Waals surface area contributed by atoms with Crippen LogP contribution in [-0.2, 0) is 13.3 Å². The number of nitrogens with one attached hydrogen (secondary N) is 1. The van der Waals surface area contributed by atoms with Gasteiger partial charge in [-0.1, -0.05) is 84.9 Å². The minimum atomic E-state index is -2.84. The normalized spacial score (nSPS) is 11.8. The van der Waals surface area contributed by atoms with E-state index in [-0.39, 0.29) is 0 Å². The minimum Gasteiger partial charge on any atom is -0.373 e. The number of H-pyrrole nitrogens is 1. The lowest BCUT2D eigenvalue weighted by atomic mass is 9.99. The van der Waals surface area contributed by atoms with Crippen molar-refractivity contribution in [2.75, 3.05) is 21.3 Å². The van der Waals surface area contributed by atoms with E-state index in [1.807, 2.05) is 52.2 Å². The van der Waals surface area contributed by atoms with Crippen LogP contribution in [0.15, 0.2) is 146 Å². The molecule has 4 aromatic carbocycles. The standard InChI is InChI=1S/C44H34N2O3S4Si/c1-47-54(48-2,49-3)43-27-26-42(53-43)41-25-24-40(52-41)39-23-22-38(51-39)37-21-20-36(50-37)32-16-12-30(13-17-32)28-8-10-29(11-9-28)31-14-18-33(19-15-31)44-45-34-6-4-5-7-35(34)46-44/h4-27H,1-3H3,(H,45,46). The fourth-order valence-electron chi connectivity index (χ4n) is 6.61. The summed E-state index contributed by atoms with van der Waals surface area (Å²) in [6, 6.07) is 52.1. The van der Waals surface area contributed by atoms with Gasteiger partial charge < -0.3 is 18.3 Å². The van der Waals surface area contributed by atoms with Crippen LogP contribution >= 0.6 is 45.3 Å². The fraction of sp³-hybridized carbons (Fsp3) is 0.0682. The average Bonchev–Trinajstić information content (AvgIpc) is 4.08. The Morgan fingerprint density at radius 1 is 0.407 bits per heavy atom. The van der Waals surface area contributed by atoms with Crippen molar-refractivity contribution in [1.29, 1.82) is 0 Å². The lowest BCUT2D eigenvalue weighted by Gasteiger charge is -2.22. The molecule has 0 saturated heterocycles. The maximum Gasteiger partial charge on any atom is 0.546 e. The second kappa shape index (κ2) is 14.8. The van der Waals surface area contributed by atoms with Gasteiger partial charge in [-0.05, 0) is 88.5 Å². The second-order valence-electron chi connectivity index (χ2n) is 12.7. The van der Waals surface area contributed by atoms with Crippen LogP contribution in [0, 0.1) is 0 Å². The highest BCUT2D eigenvalue weighted by Gasteiger charge is 2.42. The van der Waals surface area contributed by atoms with Gasteiger partial charge >= 0.3 is 8.80 Å². The third-order valence-electron chi connectivity index (χ3n) is 9.53. The topological polar surface area (TPSA) is 56.4 Å². The Kier molecular flexibility index (Phi) is 9.60. The number of aromatic nitrogens is 2. The average molecular weight is 795 g/mol. The molecule has 0 atom stereocenters. The number of nitrogens with zero attached hydrogens (tertiary/aromatic N) is 1. The first-order valence-corrected chi connectivity index (χ1v) is 22.3. The molecule has 5 aromatic heterocycles. The first-order chi connectivity index (χ1) is 26.5. The molecule has 54 heavy (non-hydrogen) atoms. The maximum absolute atomic E-state index is 5.69. The predicted octanol–water partition coefficient (Wildman–Crippen LogP) is 12.6. The molecule has 0 aliphatic carbocycles. The van der Waals surface area contributed by atoms with Gasteiger partial charge in [0, 0.05) is 61.0 Å². The number of rotatable bonds is 11. The van der Waals surface area contributed by atoms with Crippen molar-refractivity contribution in [1.82, 2.24) is 9.97 Å². The largest absolute Gasteiger partial charge is 0.546 e. The van der Waals surface area contributed by atoms with Crippen LogP contribution < -0.4 is 4.50 Å². The molecule has 10 heteroatoms. The summed E-state index contributed by atoms with van der Waals surface area (Å²) in [5.41, 5.74) is 9.12. The Labute approximate surface area is 331 Å². The molecule has 0 unspecified atom stereocenters. The van der Waals surface area contributed by atoms with Crippen molar-refractivity contribution in [2.45, 2.75) is 0 Å². The highest BCUT2D eigenvalue weighted by molar-refractivity contribution is 7.31. The molecule has 9 rings (SSSR count). The first-order valence-electron chi connectivity index (χ1n) is 17.4. The highest BCUT2D eigenvalue weighted by atomic mass is 32.1. The number of benzene rings is 4. The van der Waals surface area contributed by atoms with E-state index < -0.39 is 8.80 Å². The lowest BCUT2D eigenvalue weighted by molar-refractivity contribution is 0.141. The molecular formula is C44H34N2O3S4Si. The Hall–Kier alpha value is -4.75. The van der Waals surface area contributed by atoms with Crippen molar-refractivity contribution in [3.63, 3.8) is 0 Å². The van der Waals surface area contributed by atoms with Gasteiger partial charge in [0.2, 0.25) is 0 Å². The van der Waals surface area contributed by atoms with E-state index in [2.05, 4.69) is 132 Å². The quantitative estimate of drug-likeness (QED) is 0.133. The van der Waals surface area contributed by atoms with Gasteiger partial charge in [-0.15, -0.1) is 45.3 Å². The van der Waals surface area contributed by atoms with E-state index >= 15 is 0 Å². The third kappa shape index (κ3) is 6.65. The number of hydrogen-bond acceptors (Lipinski definition) is 8. The lowest BCUT2D eigenvalue weighted by Crippen LogP contribution is -2.53. The SMILES string of the molecule is CO[Si](OC)(OC)c1ccc(-c2ccc(-c3ccc(-c4ccc(-c5ccc(-c6ccc(-c7ccc(-c8nc9ccccc9[nH]8)cc7)cc6)cc5)s4)s3)s2)s1. The molecule has 0 aliphatic rings. The Morgan fingerprint density at radius 2 is 0.796 bits per heavy atom. The van der Waals surface area contributed by atoms with Crippen molar-refractivity contribution < 1.29 is 13.3 Å². The molecule has 0 amide bonds. The molecule has 0 saturated carbocycles. The van der Waals surface area contributed by atoms with Crippen molar-refractivity contribution in [3.05, 3.63) is 146 Å². The molecule has 0 radical (unpaired) electrons. The monoisotopic (exact) mass is 794 g/mol. The molecule has 5 heterocycles. The summed E-state index contributed by atoms with van der Waals surface area (Å²) in [5.74, 6) is 0.890. The molecule has 1 N–H and O–H groups in total. The molecule has 0 aliphatic heterocycles. The van der Waals surface area contributed by atoms with Crippen LogP contribution in [-0.4, -0.2) is 40.1 Å². The fourth-order valence-corrected chi connectivity index (χ4v) is 13.6. The van der Waals surface area contributed by atoms with Crippen LogP contribution in [0.4, 0.5) is 0 Å². The number of para-hydroxylation sites is 2. The van der Waals surface area contributed by atoms with Crippen LogP contribution in [0.2, 0.25) is 0 Å². The van der Waals surface area contributed by atoms with E-state index in [1.165, 1.54) is 62.0 Å². The molecule has 0 bridgehead atoms. The number of imidazole rings is 1. The summed E-state index contributed by atoms with van der Waals surface area (Å²) in [7, 11) is 2.11. The smallest absolute Gasteiger partial charge is 0.373 e. The molecule has 266 valence electrons. The van der Waals surface area contributed by atoms with Crippen molar-refractivity contribution in [2.24, 2.45) is 0 Å². The number of hydrogen-bond donors (Lipinski definition) is 1. The van der Waals surface area contributed by atoms with Crippen LogP contribution in [0.5, 0.6) is 0 Å². The Balaban J connectivity index is 0.859. The highest BCUT2D eigenvalue weighted by Crippen LogP contribution is 2.44. The van der Waals surface area contributed by atoms with Gasteiger partial charge in [0.05, 0.1) is 15.5 Å². The van der Waals surface area contributed by atoms with Crippen LogP contribution in [0.1, 0.15) is 0 Å².